The van der Waals surface area contributed by atoms with E-state index in [4.69, 9.17) is 9.47 Å². The van der Waals surface area contributed by atoms with Crippen molar-refractivity contribution in [3.63, 3.8) is 0 Å². The van der Waals surface area contributed by atoms with Gasteiger partial charge in [0.2, 0.25) is 0 Å². The lowest BCUT2D eigenvalue weighted by Crippen LogP contribution is -2.30. The van der Waals surface area contributed by atoms with E-state index < -0.39 is 0 Å². The highest BCUT2D eigenvalue weighted by Crippen LogP contribution is 2.32. The van der Waals surface area contributed by atoms with Crippen molar-refractivity contribution in [3.05, 3.63) is 83.9 Å². The molecule has 0 saturated carbocycles. The van der Waals surface area contributed by atoms with E-state index >= 15 is 0 Å². The Labute approximate surface area is 143 Å². The number of carbonyl (C=O) groups is 1. The number of rotatable bonds is 8. The molecule has 0 saturated heterocycles. The molecule has 0 radical (unpaired) electrons. The maximum atomic E-state index is 11.4. The zero-order valence-corrected chi connectivity index (χ0v) is 14.3. The van der Waals surface area contributed by atoms with Gasteiger partial charge in [0.15, 0.2) is 0 Å². The Balaban J connectivity index is 2.03. The van der Waals surface area contributed by atoms with Crippen molar-refractivity contribution < 1.29 is 14.3 Å². The van der Waals surface area contributed by atoms with Crippen LogP contribution in [0.3, 0.4) is 0 Å². The number of ether oxygens (including phenoxy) is 2. The Morgan fingerprint density at radius 2 is 1.46 bits per heavy atom. The van der Waals surface area contributed by atoms with Crippen molar-refractivity contribution in [1.82, 2.24) is 0 Å². The third kappa shape index (κ3) is 4.56. The molecule has 0 unspecified atom stereocenters. The van der Waals surface area contributed by atoms with Crippen LogP contribution in [0.25, 0.3) is 0 Å². The van der Waals surface area contributed by atoms with E-state index in [-0.39, 0.29) is 18.0 Å². The third-order valence-electron chi connectivity index (χ3n) is 4.02. The number of benzene rings is 2. The van der Waals surface area contributed by atoms with Crippen molar-refractivity contribution in [3.8, 4) is 0 Å². The largest absolute Gasteiger partial charge is 0.460 e. The minimum Gasteiger partial charge on any atom is -0.460 e. The molecule has 3 heteroatoms. The first-order valence-corrected chi connectivity index (χ1v) is 8.05. The standard InChI is InChI=1S/C21H24O3/c1-17(2)20(22)24-15-14-23-16-21(3,18-10-6-4-7-11-18)19-12-8-5-9-13-19/h4-13H,1,14-16H2,2-3H3. The second-order valence-corrected chi connectivity index (χ2v) is 6.03. The molecule has 0 spiro atoms. The Hall–Kier alpha value is -2.39. The molecule has 3 nitrogen and oxygen atoms in total. The summed E-state index contributed by atoms with van der Waals surface area (Å²) in [6.07, 6.45) is 0. The van der Waals surface area contributed by atoms with Crippen molar-refractivity contribution >= 4 is 5.97 Å². The molecule has 0 aromatic heterocycles. The molecular formula is C21H24O3. The van der Waals surface area contributed by atoms with Crippen LogP contribution >= 0.6 is 0 Å². The molecule has 2 rings (SSSR count). The predicted molar refractivity (Wildman–Crippen MR) is 95.9 cm³/mol. The number of hydrogen-bond acceptors (Lipinski definition) is 3. The molecule has 2 aromatic rings. The van der Waals surface area contributed by atoms with Crippen LogP contribution in [-0.2, 0) is 19.7 Å². The lowest BCUT2D eigenvalue weighted by atomic mass is 9.77. The fourth-order valence-electron chi connectivity index (χ4n) is 2.54. The van der Waals surface area contributed by atoms with Crippen molar-refractivity contribution in [2.75, 3.05) is 19.8 Å². The highest BCUT2D eigenvalue weighted by molar-refractivity contribution is 5.86. The van der Waals surface area contributed by atoms with Crippen LogP contribution in [0.1, 0.15) is 25.0 Å². The van der Waals surface area contributed by atoms with Crippen molar-refractivity contribution in [2.24, 2.45) is 0 Å². The molecule has 24 heavy (non-hydrogen) atoms. The fraction of sp³-hybridized carbons (Fsp3) is 0.286. The first-order chi connectivity index (χ1) is 11.5. The molecule has 0 aliphatic rings. The maximum absolute atomic E-state index is 11.4. The van der Waals surface area contributed by atoms with Gasteiger partial charge in [-0.1, -0.05) is 67.2 Å². The highest BCUT2D eigenvalue weighted by atomic mass is 16.6. The predicted octanol–water partition coefficient (Wildman–Crippen LogP) is 4.13. The van der Waals surface area contributed by atoms with E-state index in [0.29, 0.717) is 18.8 Å². The van der Waals surface area contributed by atoms with Gasteiger partial charge in [0, 0.05) is 11.0 Å². The van der Waals surface area contributed by atoms with E-state index in [1.54, 1.807) is 6.92 Å². The summed E-state index contributed by atoms with van der Waals surface area (Å²) in [6.45, 7) is 8.44. The van der Waals surface area contributed by atoms with E-state index in [0.717, 1.165) is 0 Å². The number of hydrogen-bond donors (Lipinski definition) is 0. The molecule has 0 bridgehead atoms. The summed E-state index contributed by atoms with van der Waals surface area (Å²) in [5, 5.41) is 0. The third-order valence-corrected chi connectivity index (χ3v) is 4.02. The molecular weight excluding hydrogens is 300 g/mol. The van der Waals surface area contributed by atoms with Crippen LogP contribution in [0.2, 0.25) is 0 Å². The van der Waals surface area contributed by atoms with Crippen LogP contribution in [-0.4, -0.2) is 25.8 Å². The summed E-state index contributed by atoms with van der Waals surface area (Å²) in [6, 6.07) is 20.6. The summed E-state index contributed by atoms with van der Waals surface area (Å²) >= 11 is 0. The van der Waals surface area contributed by atoms with Crippen LogP contribution in [0.5, 0.6) is 0 Å². The number of esters is 1. The first kappa shape index (κ1) is 18.0. The van der Waals surface area contributed by atoms with Gasteiger partial charge in [-0.2, -0.15) is 0 Å². The quantitative estimate of drug-likeness (QED) is 0.416. The first-order valence-electron chi connectivity index (χ1n) is 8.05. The van der Waals surface area contributed by atoms with E-state index in [2.05, 4.69) is 37.8 Å². The molecule has 0 atom stereocenters. The summed E-state index contributed by atoms with van der Waals surface area (Å²) in [7, 11) is 0. The summed E-state index contributed by atoms with van der Waals surface area (Å²) in [4.78, 5) is 11.4. The highest BCUT2D eigenvalue weighted by Gasteiger charge is 2.29. The van der Waals surface area contributed by atoms with Gasteiger partial charge in [0.1, 0.15) is 6.61 Å². The zero-order chi connectivity index (χ0) is 17.4. The Bertz CT molecular complexity index is 622. The van der Waals surface area contributed by atoms with Gasteiger partial charge in [0.05, 0.1) is 13.2 Å². The van der Waals surface area contributed by atoms with E-state index in [1.165, 1.54) is 11.1 Å². The summed E-state index contributed by atoms with van der Waals surface area (Å²) in [5.74, 6) is -0.382. The Kier molecular flexibility index (Phi) is 6.33. The minimum atomic E-state index is -0.382. The smallest absolute Gasteiger partial charge is 0.333 e. The zero-order valence-electron chi connectivity index (χ0n) is 14.3. The molecule has 0 aliphatic heterocycles. The van der Waals surface area contributed by atoms with Crippen molar-refractivity contribution in [1.29, 1.82) is 0 Å². The molecule has 0 N–H and O–H groups in total. The average molecular weight is 324 g/mol. The topological polar surface area (TPSA) is 35.5 Å². The van der Waals surface area contributed by atoms with Gasteiger partial charge >= 0.3 is 5.97 Å². The second kappa shape index (κ2) is 8.46. The van der Waals surface area contributed by atoms with Crippen LogP contribution in [0.15, 0.2) is 72.8 Å². The molecule has 2 aromatic carbocycles. The average Bonchev–Trinajstić information content (AvgIpc) is 2.62. The van der Waals surface area contributed by atoms with Gasteiger partial charge in [-0.15, -0.1) is 0 Å². The van der Waals surface area contributed by atoms with Gasteiger partial charge in [-0.05, 0) is 25.0 Å². The van der Waals surface area contributed by atoms with E-state index in [1.807, 2.05) is 36.4 Å². The van der Waals surface area contributed by atoms with Gasteiger partial charge < -0.3 is 9.47 Å². The van der Waals surface area contributed by atoms with Crippen molar-refractivity contribution in [2.45, 2.75) is 19.3 Å². The maximum Gasteiger partial charge on any atom is 0.333 e. The second-order valence-electron chi connectivity index (χ2n) is 6.03. The summed E-state index contributed by atoms with van der Waals surface area (Å²) < 4.78 is 10.9. The normalized spacial score (nSPS) is 11.1. The lowest BCUT2D eigenvalue weighted by molar-refractivity contribution is -0.140. The molecule has 0 heterocycles. The Morgan fingerprint density at radius 1 is 0.958 bits per heavy atom. The monoisotopic (exact) mass is 324 g/mol. The minimum absolute atomic E-state index is 0.228. The van der Waals surface area contributed by atoms with Gasteiger partial charge in [-0.3, -0.25) is 0 Å². The van der Waals surface area contributed by atoms with Gasteiger partial charge in [-0.25, -0.2) is 4.79 Å². The molecule has 0 fully saturated rings. The number of carbonyl (C=O) groups excluding carboxylic acids is 1. The van der Waals surface area contributed by atoms with Crippen LogP contribution in [0.4, 0.5) is 0 Å². The molecule has 0 aliphatic carbocycles. The Morgan fingerprint density at radius 3 is 1.92 bits per heavy atom. The van der Waals surface area contributed by atoms with Crippen LogP contribution < -0.4 is 0 Å². The fourth-order valence-corrected chi connectivity index (χ4v) is 2.54. The van der Waals surface area contributed by atoms with E-state index in [9.17, 15) is 4.79 Å². The van der Waals surface area contributed by atoms with Crippen LogP contribution in [0, 0.1) is 0 Å². The summed E-state index contributed by atoms with van der Waals surface area (Å²) in [5.41, 5.74) is 2.51. The molecule has 0 amide bonds. The SMILES string of the molecule is C=C(C)C(=O)OCCOCC(C)(c1ccccc1)c1ccccc1. The van der Waals surface area contributed by atoms with Gasteiger partial charge in [0.25, 0.3) is 0 Å². The molecule has 126 valence electrons. The lowest BCUT2D eigenvalue weighted by Gasteiger charge is -2.30.